The summed E-state index contributed by atoms with van der Waals surface area (Å²) in [4.78, 5) is 4.55. The number of ether oxygens (including phenoxy) is 2. The number of rotatable bonds is 7. The first kappa shape index (κ1) is 14.8. The van der Waals surface area contributed by atoms with E-state index in [0.29, 0.717) is 24.7 Å². The Kier molecular flexibility index (Phi) is 5.35. The Morgan fingerprint density at radius 3 is 2.85 bits per heavy atom. The molecule has 0 aromatic carbocycles. The Morgan fingerprint density at radius 2 is 2.10 bits per heavy atom. The number of hydrogen-bond donors (Lipinski definition) is 2. The molecule has 0 unspecified atom stereocenters. The van der Waals surface area contributed by atoms with Crippen molar-refractivity contribution in [2.45, 2.75) is 39.0 Å². The van der Waals surface area contributed by atoms with E-state index in [1.807, 2.05) is 6.07 Å². The lowest BCUT2D eigenvalue weighted by Crippen LogP contribution is -2.18. The number of aromatic nitrogens is 1. The highest BCUT2D eigenvalue weighted by molar-refractivity contribution is 5.97. The van der Waals surface area contributed by atoms with Crippen LogP contribution in [0.15, 0.2) is 6.07 Å². The van der Waals surface area contributed by atoms with E-state index in [2.05, 4.69) is 11.9 Å². The summed E-state index contributed by atoms with van der Waals surface area (Å²) >= 11 is 0. The predicted octanol–water partition coefficient (Wildman–Crippen LogP) is 2.05. The molecular weight excluding hydrogens is 254 g/mol. The fraction of sp³-hybridized carbons (Fsp3) is 0.600. The Hall–Kier alpha value is -1.62. The molecule has 110 valence electrons. The second-order valence-electron chi connectivity index (χ2n) is 5.03. The first-order valence-corrected chi connectivity index (χ1v) is 7.30. The molecule has 0 saturated carbocycles. The van der Waals surface area contributed by atoms with Crippen LogP contribution in [0.4, 0.5) is 0 Å². The van der Waals surface area contributed by atoms with E-state index in [-0.39, 0.29) is 5.84 Å². The summed E-state index contributed by atoms with van der Waals surface area (Å²) in [5.74, 6) is 0.480. The molecule has 1 aromatic heterocycles. The molecule has 0 fully saturated rings. The largest absolute Gasteiger partial charge is 0.475 e. The molecule has 3 N–H and O–H groups in total. The standard InChI is InChI=1S/C15H23N3O2/c1-2-7-19-8-9-20-15-12(14(16)17)10-11-5-3-4-6-13(11)18-15/h10H,2-9H2,1H3,(H3,16,17). The van der Waals surface area contributed by atoms with Gasteiger partial charge < -0.3 is 15.2 Å². The number of fused-ring (bicyclic) bond motifs is 1. The van der Waals surface area contributed by atoms with Crippen LogP contribution in [0.25, 0.3) is 0 Å². The minimum absolute atomic E-state index is 0.00958. The van der Waals surface area contributed by atoms with Gasteiger partial charge >= 0.3 is 0 Å². The van der Waals surface area contributed by atoms with Gasteiger partial charge in [-0.25, -0.2) is 4.98 Å². The highest BCUT2D eigenvalue weighted by atomic mass is 16.5. The lowest BCUT2D eigenvalue weighted by molar-refractivity contribution is 0.0988. The maximum absolute atomic E-state index is 7.67. The second kappa shape index (κ2) is 7.24. The van der Waals surface area contributed by atoms with Crippen molar-refractivity contribution in [2.75, 3.05) is 19.8 Å². The summed E-state index contributed by atoms with van der Waals surface area (Å²) in [5, 5.41) is 7.67. The van der Waals surface area contributed by atoms with E-state index in [9.17, 15) is 0 Å². The summed E-state index contributed by atoms with van der Waals surface area (Å²) in [6, 6.07) is 1.96. The molecule has 20 heavy (non-hydrogen) atoms. The lowest BCUT2D eigenvalue weighted by Gasteiger charge is -2.18. The molecule has 0 bridgehead atoms. The van der Waals surface area contributed by atoms with Crippen molar-refractivity contribution in [2.24, 2.45) is 5.73 Å². The van der Waals surface area contributed by atoms with E-state index >= 15 is 0 Å². The van der Waals surface area contributed by atoms with Gasteiger partial charge in [0.05, 0.1) is 12.2 Å². The number of amidine groups is 1. The summed E-state index contributed by atoms with van der Waals surface area (Å²) in [6.45, 7) is 3.77. The third kappa shape index (κ3) is 3.70. The van der Waals surface area contributed by atoms with E-state index in [1.54, 1.807) is 0 Å². The molecule has 0 amide bonds. The van der Waals surface area contributed by atoms with Crippen molar-refractivity contribution in [1.82, 2.24) is 4.98 Å². The zero-order chi connectivity index (χ0) is 14.4. The predicted molar refractivity (Wildman–Crippen MR) is 78.5 cm³/mol. The van der Waals surface area contributed by atoms with Crippen molar-refractivity contribution in [3.63, 3.8) is 0 Å². The first-order valence-electron chi connectivity index (χ1n) is 7.30. The number of nitrogens with zero attached hydrogens (tertiary/aromatic N) is 1. The number of nitrogens with two attached hydrogens (primary N) is 1. The number of pyridine rings is 1. The normalized spacial score (nSPS) is 13.8. The molecular formula is C15H23N3O2. The van der Waals surface area contributed by atoms with Crippen LogP contribution in [0.1, 0.15) is 43.0 Å². The summed E-state index contributed by atoms with van der Waals surface area (Å²) in [5.41, 5.74) is 8.52. The van der Waals surface area contributed by atoms with Crippen molar-refractivity contribution < 1.29 is 9.47 Å². The summed E-state index contributed by atoms with van der Waals surface area (Å²) in [6.07, 6.45) is 5.34. The highest BCUT2D eigenvalue weighted by Crippen LogP contribution is 2.25. The van der Waals surface area contributed by atoms with Crippen LogP contribution in [0, 0.1) is 5.41 Å². The van der Waals surface area contributed by atoms with Gasteiger partial charge in [-0.2, -0.15) is 0 Å². The zero-order valence-electron chi connectivity index (χ0n) is 12.1. The average molecular weight is 277 g/mol. The van der Waals surface area contributed by atoms with Crippen LogP contribution >= 0.6 is 0 Å². The first-order chi connectivity index (χ1) is 9.72. The van der Waals surface area contributed by atoms with E-state index in [4.69, 9.17) is 20.6 Å². The van der Waals surface area contributed by atoms with E-state index in [1.165, 1.54) is 18.4 Å². The molecule has 1 aliphatic carbocycles. The minimum atomic E-state index is 0.00958. The zero-order valence-corrected chi connectivity index (χ0v) is 12.1. The maximum Gasteiger partial charge on any atom is 0.224 e. The van der Waals surface area contributed by atoms with Crippen LogP contribution in [-0.2, 0) is 17.6 Å². The number of hydrogen-bond acceptors (Lipinski definition) is 4. The molecule has 0 radical (unpaired) electrons. The maximum atomic E-state index is 7.67. The van der Waals surface area contributed by atoms with Gasteiger partial charge in [0.2, 0.25) is 5.88 Å². The van der Waals surface area contributed by atoms with E-state index in [0.717, 1.165) is 31.6 Å². The van der Waals surface area contributed by atoms with Gasteiger partial charge in [-0.15, -0.1) is 0 Å². The van der Waals surface area contributed by atoms with Gasteiger partial charge in [0.1, 0.15) is 12.4 Å². The van der Waals surface area contributed by atoms with Crippen LogP contribution in [0.2, 0.25) is 0 Å². The van der Waals surface area contributed by atoms with E-state index < -0.39 is 0 Å². The van der Waals surface area contributed by atoms with Gasteiger partial charge in [0.25, 0.3) is 0 Å². The van der Waals surface area contributed by atoms with Crippen LogP contribution in [-0.4, -0.2) is 30.6 Å². The average Bonchev–Trinajstić information content (AvgIpc) is 2.46. The minimum Gasteiger partial charge on any atom is -0.475 e. The fourth-order valence-electron chi connectivity index (χ4n) is 2.36. The fourth-order valence-corrected chi connectivity index (χ4v) is 2.36. The SMILES string of the molecule is CCCOCCOc1nc2c(cc1C(=N)N)CCCC2. The van der Waals surface area contributed by atoms with Gasteiger partial charge in [-0.3, -0.25) is 5.41 Å². The molecule has 1 aromatic rings. The number of aryl methyl sites for hydroxylation is 2. The Balaban J connectivity index is 2.07. The smallest absolute Gasteiger partial charge is 0.224 e. The van der Waals surface area contributed by atoms with Crippen molar-refractivity contribution >= 4 is 5.84 Å². The van der Waals surface area contributed by atoms with Crippen LogP contribution in [0.3, 0.4) is 0 Å². The third-order valence-corrected chi connectivity index (χ3v) is 3.37. The second-order valence-corrected chi connectivity index (χ2v) is 5.03. The molecule has 2 rings (SSSR count). The molecule has 0 saturated heterocycles. The van der Waals surface area contributed by atoms with Crippen molar-refractivity contribution in [3.8, 4) is 5.88 Å². The van der Waals surface area contributed by atoms with Gasteiger partial charge in [0, 0.05) is 12.3 Å². The molecule has 0 spiro atoms. The van der Waals surface area contributed by atoms with Crippen LogP contribution in [0.5, 0.6) is 5.88 Å². The van der Waals surface area contributed by atoms with Crippen molar-refractivity contribution in [1.29, 1.82) is 5.41 Å². The monoisotopic (exact) mass is 277 g/mol. The van der Waals surface area contributed by atoms with Crippen LogP contribution < -0.4 is 10.5 Å². The topological polar surface area (TPSA) is 81.2 Å². The Morgan fingerprint density at radius 1 is 1.30 bits per heavy atom. The molecule has 1 aliphatic rings. The molecule has 5 heteroatoms. The number of nitrogens with one attached hydrogen (secondary N) is 1. The highest BCUT2D eigenvalue weighted by Gasteiger charge is 2.17. The van der Waals surface area contributed by atoms with Gasteiger partial charge in [0.15, 0.2) is 0 Å². The third-order valence-electron chi connectivity index (χ3n) is 3.37. The Bertz CT molecular complexity index is 474. The van der Waals surface area contributed by atoms with Crippen molar-refractivity contribution in [3.05, 3.63) is 22.9 Å². The van der Waals surface area contributed by atoms with Gasteiger partial charge in [-0.1, -0.05) is 6.92 Å². The lowest BCUT2D eigenvalue weighted by atomic mass is 9.95. The quantitative estimate of drug-likeness (QED) is 0.454. The molecule has 1 heterocycles. The summed E-state index contributed by atoms with van der Waals surface area (Å²) < 4.78 is 11.0. The number of nitrogen functional groups attached to an aromatic ring is 1. The molecule has 0 aliphatic heterocycles. The molecule has 5 nitrogen and oxygen atoms in total. The Labute approximate surface area is 120 Å². The molecule has 0 atom stereocenters. The van der Waals surface area contributed by atoms with Gasteiger partial charge in [-0.05, 0) is 43.7 Å². The summed E-state index contributed by atoms with van der Waals surface area (Å²) in [7, 11) is 0.